The van der Waals surface area contributed by atoms with Gasteiger partial charge in [-0.3, -0.25) is 14.2 Å². The van der Waals surface area contributed by atoms with Crippen LogP contribution in [0, 0.1) is 0 Å². The number of thioether (sulfide) groups is 1. The minimum Gasteiger partial charge on any atom is -0.454 e. The van der Waals surface area contributed by atoms with Crippen molar-refractivity contribution in [1.29, 1.82) is 0 Å². The van der Waals surface area contributed by atoms with Crippen LogP contribution in [0.4, 0.5) is 0 Å². The quantitative estimate of drug-likeness (QED) is 0.365. The third kappa shape index (κ3) is 3.61. The average molecular weight is 437 g/mol. The highest BCUT2D eigenvalue weighted by molar-refractivity contribution is 7.99. The standard InChI is InChI=1S/C22H19N3O5S/c1-2-25-21(27)20-19(14-5-3-4-6-15(14)30-20)24-22(25)31-11-18(26)23-10-13-7-8-16-17(9-13)29-12-28-16/h3-9H,2,10-12H2,1H3,(H,23,26). The Morgan fingerprint density at radius 1 is 1.19 bits per heavy atom. The zero-order chi connectivity index (χ0) is 21.4. The van der Waals surface area contributed by atoms with Crippen LogP contribution >= 0.6 is 11.8 Å². The number of nitrogens with zero attached hydrogens (tertiary/aromatic N) is 2. The van der Waals surface area contributed by atoms with E-state index in [1.807, 2.05) is 49.4 Å². The molecule has 0 aliphatic carbocycles. The molecule has 1 N–H and O–H groups in total. The molecule has 0 fully saturated rings. The number of ether oxygens (including phenoxy) is 2. The van der Waals surface area contributed by atoms with Gasteiger partial charge in [-0.25, -0.2) is 4.98 Å². The molecule has 158 valence electrons. The van der Waals surface area contributed by atoms with Crippen molar-refractivity contribution in [3.05, 3.63) is 58.4 Å². The Bertz CT molecular complexity index is 1360. The number of para-hydroxylation sites is 1. The summed E-state index contributed by atoms with van der Waals surface area (Å²) < 4.78 is 17.9. The first-order valence-corrected chi connectivity index (χ1v) is 10.8. The molecule has 0 atom stereocenters. The molecule has 0 bridgehead atoms. The van der Waals surface area contributed by atoms with Gasteiger partial charge in [0.15, 0.2) is 16.7 Å². The summed E-state index contributed by atoms with van der Waals surface area (Å²) in [5.74, 6) is 1.37. The summed E-state index contributed by atoms with van der Waals surface area (Å²) in [4.78, 5) is 30.0. The number of aromatic nitrogens is 2. The fraction of sp³-hybridized carbons (Fsp3) is 0.227. The van der Waals surface area contributed by atoms with Gasteiger partial charge in [-0.2, -0.15) is 0 Å². The smallest absolute Gasteiger partial charge is 0.297 e. The summed E-state index contributed by atoms with van der Waals surface area (Å²) in [6, 6.07) is 13.0. The van der Waals surface area contributed by atoms with Crippen molar-refractivity contribution in [2.24, 2.45) is 0 Å². The lowest BCUT2D eigenvalue weighted by Gasteiger charge is -2.10. The molecule has 9 heteroatoms. The second kappa shape index (κ2) is 7.99. The minimum atomic E-state index is -0.244. The van der Waals surface area contributed by atoms with E-state index in [0.717, 1.165) is 10.9 Å². The number of amides is 1. The van der Waals surface area contributed by atoms with Crippen molar-refractivity contribution in [2.75, 3.05) is 12.5 Å². The highest BCUT2D eigenvalue weighted by atomic mass is 32.2. The molecule has 1 aliphatic rings. The van der Waals surface area contributed by atoms with Crippen LogP contribution in [0.1, 0.15) is 12.5 Å². The second-order valence-electron chi connectivity index (χ2n) is 6.97. The van der Waals surface area contributed by atoms with Crippen LogP contribution in [0.2, 0.25) is 0 Å². The lowest BCUT2D eigenvalue weighted by atomic mass is 10.2. The van der Waals surface area contributed by atoms with Crippen LogP contribution in [0.25, 0.3) is 22.1 Å². The maximum atomic E-state index is 12.9. The number of nitrogens with one attached hydrogen (secondary N) is 1. The Morgan fingerprint density at radius 3 is 2.90 bits per heavy atom. The molecule has 0 spiro atoms. The van der Waals surface area contributed by atoms with Crippen molar-refractivity contribution in [2.45, 2.75) is 25.2 Å². The van der Waals surface area contributed by atoms with Crippen molar-refractivity contribution in [3.8, 4) is 11.5 Å². The van der Waals surface area contributed by atoms with Crippen LogP contribution in [-0.2, 0) is 17.9 Å². The van der Waals surface area contributed by atoms with Crippen molar-refractivity contribution in [1.82, 2.24) is 14.9 Å². The molecule has 4 aromatic rings. The highest BCUT2D eigenvalue weighted by Gasteiger charge is 2.18. The van der Waals surface area contributed by atoms with Crippen molar-refractivity contribution < 1.29 is 18.7 Å². The maximum absolute atomic E-state index is 12.9. The molecular weight excluding hydrogens is 418 g/mol. The van der Waals surface area contributed by atoms with Gasteiger partial charge in [-0.05, 0) is 36.8 Å². The number of hydrogen-bond acceptors (Lipinski definition) is 7. The largest absolute Gasteiger partial charge is 0.454 e. The number of benzene rings is 2. The summed E-state index contributed by atoms with van der Waals surface area (Å²) in [6.07, 6.45) is 0. The number of carbonyl (C=O) groups excluding carboxylic acids is 1. The first-order chi connectivity index (χ1) is 15.1. The normalized spacial score (nSPS) is 12.5. The molecule has 0 saturated heterocycles. The van der Waals surface area contributed by atoms with E-state index in [-0.39, 0.29) is 29.6 Å². The molecular formula is C22H19N3O5S. The summed E-state index contributed by atoms with van der Waals surface area (Å²) in [5, 5.41) is 4.16. The van der Waals surface area contributed by atoms with Crippen LogP contribution in [0.15, 0.2) is 56.8 Å². The zero-order valence-electron chi connectivity index (χ0n) is 16.7. The predicted octanol–water partition coefficient (Wildman–Crippen LogP) is 3.30. The Hall–Kier alpha value is -3.46. The van der Waals surface area contributed by atoms with E-state index in [4.69, 9.17) is 13.9 Å². The molecule has 0 radical (unpaired) electrons. The Kier molecular flexibility index (Phi) is 5.03. The topological polar surface area (TPSA) is 95.6 Å². The molecule has 2 aromatic heterocycles. The van der Waals surface area contributed by atoms with Crippen LogP contribution in [0.3, 0.4) is 0 Å². The van der Waals surface area contributed by atoms with Crippen molar-refractivity contribution >= 4 is 39.7 Å². The first kappa shape index (κ1) is 19.5. The van der Waals surface area contributed by atoms with E-state index in [1.54, 1.807) is 0 Å². The number of furan rings is 1. The van der Waals surface area contributed by atoms with E-state index in [0.29, 0.717) is 40.8 Å². The van der Waals surface area contributed by atoms with E-state index in [1.165, 1.54) is 16.3 Å². The second-order valence-corrected chi connectivity index (χ2v) is 7.92. The van der Waals surface area contributed by atoms with Crippen LogP contribution in [-0.4, -0.2) is 28.0 Å². The minimum absolute atomic E-state index is 0.137. The van der Waals surface area contributed by atoms with E-state index < -0.39 is 0 Å². The summed E-state index contributed by atoms with van der Waals surface area (Å²) >= 11 is 1.23. The molecule has 2 aromatic carbocycles. The molecule has 0 unspecified atom stereocenters. The van der Waals surface area contributed by atoms with Crippen molar-refractivity contribution in [3.63, 3.8) is 0 Å². The van der Waals surface area contributed by atoms with Gasteiger partial charge >= 0.3 is 0 Å². The van der Waals surface area contributed by atoms with Gasteiger partial charge in [0.2, 0.25) is 18.3 Å². The fourth-order valence-corrected chi connectivity index (χ4v) is 4.36. The van der Waals surface area contributed by atoms with Crippen LogP contribution in [0.5, 0.6) is 11.5 Å². The Balaban J connectivity index is 1.32. The first-order valence-electron chi connectivity index (χ1n) is 9.84. The number of hydrogen-bond donors (Lipinski definition) is 1. The van der Waals surface area contributed by atoms with Gasteiger partial charge in [0.1, 0.15) is 11.1 Å². The number of carbonyl (C=O) groups is 1. The summed E-state index contributed by atoms with van der Waals surface area (Å²) in [6.45, 7) is 2.88. The molecule has 3 heterocycles. The fourth-order valence-electron chi connectivity index (χ4n) is 3.48. The third-order valence-corrected chi connectivity index (χ3v) is 6.00. The molecule has 31 heavy (non-hydrogen) atoms. The predicted molar refractivity (Wildman–Crippen MR) is 117 cm³/mol. The molecule has 1 aliphatic heterocycles. The van der Waals surface area contributed by atoms with Gasteiger partial charge in [-0.15, -0.1) is 0 Å². The zero-order valence-corrected chi connectivity index (χ0v) is 17.5. The van der Waals surface area contributed by atoms with E-state index in [2.05, 4.69) is 10.3 Å². The number of rotatable bonds is 6. The van der Waals surface area contributed by atoms with E-state index in [9.17, 15) is 9.59 Å². The van der Waals surface area contributed by atoms with Gasteiger partial charge in [0.25, 0.3) is 5.56 Å². The highest BCUT2D eigenvalue weighted by Crippen LogP contribution is 2.32. The Labute approximate surface area is 181 Å². The number of fused-ring (bicyclic) bond motifs is 4. The third-order valence-electron chi connectivity index (χ3n) is 5.02. The maximum Gasteiger partial charge on any atom is 0.297 e. The van der Waals surface area contributed by atoms with Gasteiger partial charge in [0.05, 0.1) is 5.75 Å². The monoisotopic (exact) mass is 437 g/mol. The molecule has 1 amide bonds. The molecule has 0 saturated carbocycles. The van der Waals surface area contributed by atoms with Gasteiger partial charge in [-0.1, -0.05) is 30.0 Å². The van der Waals surface area contributed by atoms with Gasteiger partial charge < -0.3 is 19.2 Å². The average Bonchev–Trinajstić information content (AvgIpc) is 3.40. The molecule has 5 rings (SSSR count). The SMILES string of the molecule is CCn1c(SCC(=O)NCc2ccc3c(c2)OCO3)nc2c(oc3ccccc32)c1=O. The lowest BCUT2D eigenvalue weighted by molar-refractivity contribution is -0.118. The van der Waals surface area contributed by atoms with Gasteiger partial charge in [0, 0.05) is 18.5 Å². The Morgan fingerprint density at radius 2 is 2.03 bits per heavy atom. The van der Waals surface area contributed by atoms with E-state index >= 15 is 0 Å². The summed E-state index contributed by atoms with van der Waals surface area (Å²) in [7, 11) is 0. The summed E-state index contributed by atoms with van der Waals surface area (Å²) in [5.41, 5.74) is 2.05. The van der Waals surface area contributed by atoms with Crippen LogP contribution < -0.4 is 20.3 Å². The molecule has 8 nitrogen and oxygen atoms in total. The lowest BCUT2D eigenvalue weighted by Crippen LogP contribution is -2.26.